The highest BCUT2D eigenvalue weighted by Crippen LogP contribution is 2.16. The lowest BCUT2D eigenvalue weighted by molar-refractivity contribution is 0.0501. The molecule has 0 spiro atoms. The summed E-state index contributed by atoms with van der Waals surface area (Å²) in [6.45, 7) is 2.71. The van der Waals surface area contributed by atoms with Crippen LogP contribution in [0, 0.1) is 5.82 Å². The summed E-state index contributed by atoms with van der Waals surface area (Å²) >= 11 is 0. The van der Waals surface area contributed by atoms with Gasteiger partial charge in [-0.15, -0.1) is 0 Å². The van der Waals surface area contributed by atoms with Crippen molar-refractivity contribution < 1.29 is 18.7 Å². The molecule has 26 heavy (non-hydrogen) atoms. The summed E-state index contributed by atoms with van der Waals surface area (Å²) in [6, 6.07) is 12.5. The van der Waals surface area contributed by atoms with Crippen molar-refractivity contribution in [1.82, 2.24) is 5.32 Å². The summed E-state index contributed by atoms with van der Waals surface area (Å²) in [6.07, 6.45) is 2.23. The number of urea groups is 1. The first-order valence-corrected chi connectivity index (χ1v) is 8.65. The summed E-state index contributed by atoms with van der Waals surface area (Å²) in [5.74, 6) is -0.767. The Hall–Kier alpha value is -2.89. The van der Waals surface area contributed by atoms with Gasteiger partial charge < -0.3 is 15.4 Å². The number of hydrogen-bond donors (Lipinski definition) is 2. The Morgan fingerprint density at radius 2 is 1.92 bits per heavy atom. The van der Waals surface area contributed by atoms with Gasteiger partial charge in [0.05, 0.1) is 17.9 Å². The van der Waals surface area contributed by atoms with Gasteiger partial charge in [-0.1, -0.05) is 37.6 Å². The number of nitrogens with one attached hydrogen (secondary N) is 2. The molecule has 2 aromatic rings. The number of carbonyl (C=O) groups excluding carboxylic acids is 2. The topological polar surface area (TPSA) is 67.4 Å². The Kier molecular flexibility index (Phi) is 7.61. The van der Waals surface area contributed by atoms with Gasteiger partial charge in [-0.3, -0.25) is 0 Å². The van der Waals surface area contributed by atoms with E-state index in [2.05, 4.69) is 10.6 Å². The number of benzene rings is 2. The fraction of sp³-hybridized carbons (Fsp3) is 0.300. The van der Waals surface area contributed by atoms with Crippen LogP contribution >= 0.6 is 0 Å². The molecule has 2 amide bonds. The Bertz CT molecular complexity index is 749. The number of ether oxygens (including phenoxy) is 1. The minimum Gasteiger partial charge on any atom is -0.462 e. The van der Waals surface area contributed by atoms with Gasteiger partial charge in [-0.25, -0.2) is 14.0 Å². The van der Waals surface area contributed by atoms with Gasteiger partial charge in [0.1, 0.15) is 5.82 Å². The van der Waals surface area contributed by atoms with Crippen molar-refractivity contribution in [3.63, 3.8) is 0 Å². The van der Waals surface area contributed by atoms with Gasteiger partial charge in [0.15, 0.2) is 0 Å². The van der Waals surface area contributed by atoms with E-state index < -0.39 is 12.0 Å². The molecule has 0 saturated carbocycles. The maximum absolute atomic E-state index is 13.1. The first-order valence-electron chi connectivity index (χ1n) is 8.65. The van der Waals surface area contributed by atoms with E-state index in [4.69, 9.17) is 4.74 Å². The molecule has 0 radical (unpaired) electrons. The number of esters is 1. The molecule has 0 fully saturated rings. The number of halogens is 1. The molecule has 2 rings (SSSR count). The summed E-state index contributed by atoms with van der Waals surface area (Å²) in [5, 5.41) is 5.35. The van der Waals surface area contributed by atoms with E-state index in [-0.39, 0.29) is 5.82 Å². The fourth-order valence-corrected chi connectivity index (χ4v) is 2.34. The largest absolute Gasteiger partial charge is 0.462 e. The number of para-hydroxylation sites is 1. The summed E-state index contributed by atoms with van der Waals surface area (Å²) in [7, 11) is 0. The zero-order chi connectivity index (χ0) is 18.8. The number of unbranched alkanes of at least 4 members (excludes halogenated alkanes) is 1. The molecule has 138 valence electrons. The maximum atomic E-state index is 13.1. The number of anilines is 1. The number of carbonyl (C=O) groups is 2. The second-order valence-corrected chi connectivity index (χ2v) is 5.80. The molecule has 0 aliphatic carbocycles. The third-order valence-corrected chi connectivity index (χ3v) is 3.71. The van der Waals surface area contributed by atoms with Crippen LogP contribution in [0.5, 0.6) is 0 Å². The van der Waals surface area contributed by atoms with Crippen molar-refractivity contribution in [2.75, 3.05) is 18.5 Å². The molecule has 0 aliphatic heterocycles. The van der Waals surface area contributed by atoms with E-state index in [0.717, 1.165) is 18.4 Å². The number of amides is 2. The predicted octanol–water partition coefficient (Wildman–Crippen LogP) is 4.15. The van der Waals surface area contributed by atoms with Crippen LogP contribution in [0.3, 0.4) is 0 Å². The zero-order valence-electron chi connectivity index (χ0n) is 14.8. The van der Waals surface area contributed by atoms with Crippen molar-refractivity contribution >= 4 is 17.7 Å². The van der Waals surface area contributed by atoms with Crippen LogP contribution in [0.15, 0.2) is 48.5 Å². The first-order chi connectivity index (χ1) is 12.6. The van der Waals surface area contributed by atoms with Gasteiger partial charge in [0, 0.05) is 6.54 Å². The highest BCUT2D eigenvalue weighted by Gasteiger charge is 2.14. The van der Waals surface area contributed by atoms with Crippen molar-refractivity contribution in [3.8, 4) is 0 Å². The monoisotopic (exact) mass is 358 g/mol. The average molecular weight is 358 g/mol. The highest BCUT2D eigenvalue weighted by molar-refractivity contribution is 6.00. The zero-order valence-corrected chi connectivity index (χ0v) is 14.8. The third kappa shape index (κ3) is 6.20. The van der Waals surface area contributed by atoms with Crippen molar-refractivity contribution in [3.05, 3.63) is 65.5 Å². The molecule has 0 heterocycles. The summed E-state index contributed by atoms with van der Waals surface area (Å²) < 4.78 is 18.3. The van der Waals surface area contributed by atoms with E-state index >= 15 is 0 Å². The Balaban J connectivity index is 1.87. The fourth-order valence-electron chi connectivity index (χ4n) is 2.34. The first kappa shape index (κ1) is 19.4. The standard InChI is InChI=1S/C20H23FN2O3/c1-2-3-13-26-19(24)17-9-4-5-10-18(17)23-20(25)22-12-11-15-7-6-8-16(21)14-15/h4-10,14H,2-3,11-13H2,1H3,(H2,22,23,25). The molecule has 6 heteroatoms. The van der Waals surface area contributed by atoms with Crippen LogP contribution in [0.4, 0.5) is 14.9 Å². The quantitative estimate of drug-likeness (QED) is 0.550. The van der Waals surface area contributed by atoms with Gasteiger partial charge in [-0.05, 0) is 42.7 Å². The second-order valence-electron chi connectivity index (χ2n) is 5.80. The summed E-state index contributed by atoms with van der Waals surface area (Å²) in [4.78, 5) is 24.2. The van der Waals surface area contributed by atoms with Crippen molar-refractivity contribution in [1.29, 1.82) is 0 Å². The van der Waals surface area contributed by atoms with Crippen LogP contribution in [0.1, 0.15) is 35.7 Å². The van der Waals surface area contributed by atoms with Crippen molar-refractivity contribution in [2.24, 2.45) is 0 Å². The maximum Gasteiger partial charge on any atom is 0.340 e. The average Bonchev–Trinajstić information content (AvgIpc) is 2.62. The normalized spacial score (nSPS) is 10.2. The molecule has 2 N–H and O–H groups in total. The van der Waals surface area contributed by atoms with Crippen LogP contribution in [0.25, 0.3) is 0 Å². The van der Waals surface area contributed by atoms with E-state index in [1.807, 2.05) is 6.92 Å². The van der Waals surface area contributed by atoms with Gasteiger partial charge in [0.25, 0.3) is 0 Å². The molecule has 0 aromatic heterocycles. The molecular formula is C20H23FN2O3. The van der Waals surface area contributed by atoms with E-state index in [0.29, 0.717) is 30.8 Å². The van der Waals surface area contributed by atoms with Crippen molar-refractivity contribution in [2.45, 2.75) is 26.2 Å². The smallest absolute Gasteiger partial charge is 0.340 e. The van der Waals surface area contributed by atoms with E-state index in [1.54, 1.807) is 36.4 Å². The third-order valence-electron chi connectivity index (χ3n) is 3.71. The molecule has 0 aliphatic rings. The van der Waals surface area contributed by atoms with Crippen LogP contribution in [-0.4, -0.2) is 25.2 Å². The lowest BCUT2D eigenvalue weighted by Crippen LogP contribution is -2.31. The van der Waals surface area contributed by atoms with Crippen LogP contribution < -0.4 is 10.6 Å². The lowest BCUT2D eigenvalue weighted by atomic mass is 10.1. The Labute approximate surface area is 152 Å². The Morgan fingerprint density at radius 3 is 2.69 bits per heavy atom. The van der Waals surface area contributed by atoms with Crippen LogP contribution in [-0.2, 0) is 11.2 Å². The highest BCUT2D eigenvalue weighted by atomic mass is 19.1. The second kappa shape index (κ2) is 10.2. The number of hydrogen-bond acceptors (Lipinski definition) is 3. The molecule has 0 unspecified atom stereocenters. The van der Waals surface area contributed by atoms with Gasteiger partial charge in [-0.2, -0.15) is 0 Å². The number of rotatable bonds is 8. The molecule has 5 nitrogen and oxygen atoms in total. The van der Waals surface area contributed by atoms with E-state index in [9.17, 15) is 14.0 Å². The minimum atomic E-state index is -0.464. The molecular weight excluding hydrogens is 335 g/mol. The molecule has 0 atom stereocenters. The lowest BCUT2D eigenvalue weighted by Gasteiger charge is -2.12. The summed E-state index contributed by atoms with van der Waals surface area (Å²) in [5.41, 5.74) is 1.49. The van der Waals surface area contributed by atoms with Gasteiger partial charge in [0.2, 0.25) is 0 Å². The van der Waals surface area contributed by atoms with Gasteiger partial charge >= 0.3 is 12.0 Å². The minimum absolute atomic E-state index is 0.303. The Morgan fingerprint density at radius 1 is 1.12 bits per heavy atom. The van der Waals surface area contributed by atoms with Crippen LogP contribution in [0.2, 0.25) is 0 Å². The molecule has 0 bridgehead atoms. The SMILES string of the molecule is CCCCOC(=O)c1ccccc1NC(=O)NCCc1cccc(F)c1. The predicted molar refractivity (Wildman–Crippen MR) is 98.8 cm³/mol. The van der Waals surface area contributed by atoms with E-state index in [1.165, 1.54) is 12.1 Å². The molecule has 2 aromatic carbocycles. The molecule has 0 saturated heterocycles.